The van der Waals surface area contributed by atoms with Gasteiger partial charge in [-0.3, -0.25) is 14.0 Å². The van der Waals surface area contributed by atoms with E-state index in [1.807, 2.05) is 25.1 Å². The number of benzene rings is 1. The van der Waals surface area contributed by atoms with Crippen molar-refractivity contribution in [3.8, 4) is 11.8 Å². The highest BCUT2D eigenvalue weighted by atomic mass is 32.2. The summed E-state index contributed by atoms with van der Waals surface area (Å²) in [4.78, 5) is 6.67. The summed E-state index contributed by atoms with van der Waals surface area (Å²) in [6, 6.07) is 8.07. The minimum atomic E-state index is -2.46. The third-order valence-electron chi connectivity index (χ3n) is 4.74. The van der Waals surface area contributed by atoms with E-state index in [1.165, 1.54) is 6.26 Å². The number of nitrogens with one attached hydrogen (secondary N) is 1. The van der Waals surface area contributed by atoms with Crippen molar-refractivity contribution in [1.29, 1.82) is 10.0 Å². The molecule has 2 aromatic rings. The van der Waals surface area contributed by atoms with Gasteiger partial charge in [0.15, 0.2) is 0 Å². The van der Waals surface area contributed by atoms with Crippen LogP contribution in [-0.4, -0.2) is 40.9 Å². The van der Waals surface area contributed by atoms with Gasteiger partial charge in [-0.05, 0) is 31.7 Å². The van der Waals surface area contributed by atoms with Crippen molar-refractivity contribution >= 4 is 26.3 Å². The molecule has 0 radical (unpaired) electrons. The average molecular weight is 372 g/mol. The SMILES string of the molecule is CCOc1cccc2c(N3CCC(CS(C)(=N)=O)CC3)c(C#N)cnc12. The van der Waals surface area contributed by atoms with Crippen molar-refractivity contribution in [1.82, 2.24) is 4.98 Å². The van der Waals surface area contributed by atoms with Crippen molar-refractivity contribution in [2.75, 3.05) is 36.6 Å². The summed E-state index contributed by atoms with van der Waals surface area (Å²) in [5.41, 5.74) is 2.23. The first-order valence-corrected chi connectivity index (χ1v) is 11.0. The topological polar surface area (TPSA) is 90.1 Å². The number of nitriles is 1. The standard InChI is InChI=1S/C19H24N4O2S/c1-3-25-17-6-4-5-16-18(17)22-12-15(11-20)19(16)23-9-7-14(8-10-23)13-26(2,21)24/h4-6,12,14,21H,3,7-10,13H2,1-2H3. The maximum absolute atomic E-state index is 11.8. The van der Waals surface area contributed by atoms with Crippen LogP contribution in [0.2, 0.25) is 0 Å². The van der Waals surface area contributed by atoms with Gasteiger partial charge < -0.3 is 9.64 Å². The number of aromatic nitrogens is 1. The van der Waals surface area contributed by atoms with Gasteiger partial charge in [0, 0.05) is 46.4 Å². The summed E-state index contributed by atoms with van der Waals surface area (Å²) in [7, 11) is -2.46. The average Bonchev–Trinajstić information content (AvgIpc) is 2.61. The smallest absolute Gasteiger partial charge is 0.145 e. The lowest BCUT2D eigenvalue weighted by molar-refractivity contribution is 0.343. The first kappa shape index (κ1) is 18.5. The highest BCUT2D eigenvalue weighted by molar-refractivity contribution is 7.91. The molecular weight excluding hydrogens is 348 g/mol. The van der Waals surface area contributed by atoms with E-state index in [9.17, 15) is 9.47 Å². The van der Waals surface area contributed by atoms with E-state index in [4.69, 9.17) is 9.52 Å². The van der Waals surface area contributed by atoms with E-state index in [-0.39, 0.29) is 0 Å². The second-order valence-electron chi connectivity index (χ2n) is 6.82. The van der Waals surface area contributed by atoms with Crippen LogP contribution in [0.25, 0.3) is 10.9 Å². The molecule has 1 atom stereocenters. The van der Waals surface area contributed by atoms with Gasteiger partial charge in [-0.15, -0.1) is 0 Å². The van der Waals surface area contributed by atoms with E-state index in [0.29, 0.717) is 23.8 Å². The van der Waals surface area contributed by atoms with Crippen molar-refractivity contribution < 1.29 is 8.95 Å². The van der Waals surface area contributed by atoms with Crippen LogP contribution in [0, 0.1) is 22.0 Å². The first-order valence-electron chi connectivity index (χ1n) is 8.84. The number of anilines is 1. The molecule has 1 fully saturated rings. The summed E-state index contributed by atoms with van der Waals surface area (Å²) in [6.07, 6.45) is 4.89. The third kappa shape index (κ3) is 3.91. The third-order valence-corrected chi connectivity index (χ3v) is 5.84. The molecule has 1 unspecified atom stereocenters. The Morgan fingerprint density at radius 1 is 1.42 bits per heavy atom. The number of ether oxygens (including phenoxy) is 1. The summed E-state index contributed by atoms with van der Waals surface area (Å²) >= 11 is 0. The van der Waals surface area contributed by atoms with Gasteiger partial charge in [-0.1, -0.05) is 12.1 Å². The van der Waals surface area contributed by atoms with E-state index >= 15 is 0 Å². The quantitative estimate of drug-likeness (QED) is 0.869. The molecule has 7 heteroatoms. The number of nitrogens with zero attached hydrogens (tertiary/aromatic N) is 3. The fraction of sp³-hybridized carbons (Fsp3) is 0.474. The number of pyridine rings is 1. The lowest BCUT2D eigenvalue weighted by Crippen LogP contribution is -2.36. The van der Waals surface area contributed by atoms with Crippen LogP contribution in [0.15, 0.2) is 24.4 Å². The minimum absolute atomic E-state index is 0.305. The zero-order valence-corrected chi connectivity index (χ0v) is 16.0. The first-order chi connectivity index (χ1) is 12.4. The molecule has 1 aromatic carbocycles. The number of hydrogen-bond acceptors (Lipinski definition) is 6. The highest BCUT2D eigenvalue weighted by Gasteiger charge is 2.25. The number of fused-ring (bicyclic) bond motifs is 1. The normalized spacial score (nSPS) is 17.7. The molecule has 0 bridgehead atoms. The Morgan fingerprint density at radius 2 is 2.15 bits per heavy atom. The molecule has 0 amide bonds. The summed E-state index contributed by atoms with van der Waals surface area (Å²) < 4.78 is 25.1. The minimum Gasteiger partial charge on any atom is -0.492 e. The van der Waals surface area contributed by atoms with Crippen LogP contribution < -0.4 is 9.64 Å². The molecule has 0 saturated carbocycles. The van der Waals surface area contributed by atoms with Gasteiger partial charge in [-0.25, -0.2) is 0 Å². The van der Waals surface area contributed by atoms with Crippen LogP contribution in [-0.2, 0) is 9.73 Å². The van der Waals surface area contributed by atoms with Crippen molar-refractivity contribution in [2.45, 2.75) is 19.8 Å². The molecule has 0 spiro atoms. The predicted molar refractivity (Wildman–Crippen MR) is 104 cm³/mol. The Labute approximate surface area is 154 Å². The van der Waals surface area contributed by atoms with Crippen molar-refractivity contribution in [2.24, 2.45) is 5.92 Å². The fourth-order valence-electron chi connectivity index (χ4n) is 3.65. The Bertz CT molecular complexity index is 942. The van der Waals surface area contributed by atoms with Crippen LogP contribution in [0.5, 0.6) is 5.75 Å². The Hall–Kier alpha value is -2.33. The molecule has 138 valence electrons. The molecule has 0 aliphatic carbocycles. The monoisotopic (exact) mass is 372 g/mol. The summed E-state index contributed by atoms with van der Waals surface area (Å²) in [5, 5.41) is 10.5. The second kappa shape index (κ2) is 7.50. The van der Waals surface area contributed by atoms with Gasteiger partial charge in [-0.2, -0.15) is 5.26 Å². The predicted octanol–water partition coefficient (Wildman–Crippen LogP) is 3.40. The number of hydrogen-bond donors (Lipinski definition) is 1. The number of para-hydroxylation sites is 1. The number of piperidine rings is 1. The molecule has 3 rings (SSSR count). The molecule has 6 nitrogen and oxygen atoms in total. The maximum Gasteiger partial charge on any atom is 0.145 e. The zero-order chi connectivity index (χ0) is 18.7. The van der Waals surface area contributed by atoms with E-state index in [2.05, 4.69) is 16.0 Å². The Kier molecular flexibility index (Phi) is 5.33. The maximum atomic E-state index is 11.8. The van der Waals surface area contributed by atoms with Gasteiger partial charge in [0.2, 0.25) is 0 Å². The van der Waals surface area contributed by atoms with Crippen LogP contribution >= 0.6 is 0 Å². The molecule has 1 saturated heterocycles. The van der Waals surface area contributed by atoms with Crippen molar-refractivity contribution in [3.05, 3.63) is 30.0 Å². The molecule has 26 heavy (non-hydrogen) atoms. The summed E-state index contributed by atoms with van der Waals surface area (Å²) in [5.74, 6) is 1.49. The highest BCUT2D eigenvalue weighted by Crippen LogP contribution is 2.36. The van der Waals surface area contributed by atoms with Crippen LogP contribution in [0.3, 0.4) is 0 Å². The van der Waals surface area contributed by atoms with E-state index in [1.54, 1.807) is 6.20 Å². The Morgan fingerprint density at radius 3 is 2.77 bits per heavy atom. The van der Waals surface area contributed by atoms with Gasteiger partial charge in [0.05, 0.1) is 17.9 Å². The second-order valence-corrected chi connectivity index (χ2v) is 9.16. The molecule has 1 N–H and O–H groups in total. The molecular formula is C19H24N4O2S. The zero-order valence-electron chi connectivity index (χ0n) is 15.2. The molecule has 1 aromatic heterocycles. The Balaban J connectivity index is 1.95. The van der Waals surface area contributed by atoms with E-state index < -0.39 is 9.73 Å². The summed E-state index contributed by atoms with van der Waals surface area (Å²) in [6.45, 7) is 4.07. The lowest BCUT2D eigenvalue weighted by atomic mass is 9.97. The molecule has 1 aliphatic rings. The van der Waals surface area contributed by atoms with Crippen LogP contribution in [0.1, 0.15) is 25.3 Å². The number of rotatable bonds is 5. The largest absolute Gasteiger partial charge is 0.492 e. The van der Waals surface area contributed by atoms with Gasteiger partial charge >= 0.3 is 0 Å². The van der Waals surface area contributed by atoms with Gasteiger partial charge in [0.25, 0.3) is 0 Å². The van der Waals surface area contributed by atoms with Gasteiger partial charge in [0.1, 0.15) is 17.3 Å². The van der Waals surface area contributed by atoms with E-state index in [0.717, 1.165) is 48.3 Å². The molecule has 1 aliphatic heterocycles. The van der Waals surface area contributed by atoms with Crippen molar-refractivity contribution in [3.63, 3.8) is 0 Å². The lowest BCUT2D eigenvalue weighted by Gasteiger charge is -2.34. The molecule has 2 heterocycles. The van der Waals surface area contributed by atoms with Crippen LogP contribution in [0.4, 0.5) is 5.69 Å². The fourth-order valence-corrected chi connectivity index (χ4v) is 4.88.